The van der Waals surface area contributed by atoms with Crippen LogP contribution in [0.3, 0.4) is 0 Å². The van der Waals surface area contributed by atoms with Crippen LogP contribution in [0.2, 0.25) is 0 Å². The summed E-state index contributed by atoms with van der Waals surface area (Å²) in [5.74, 6) is 0.0403. The molecule has 1 amide bonds. The quantitative estimate of drug-likeness (QED) is 0.358. The summed E-state index contributed by atoms with van der Waals surface area (Å²) >= 11 is 0. The Morgan fingerprint density at radius 2 is 2.00 bits per heavy atom. The number of esters is 1. The fourth-order valence-electron chi connectivity index (χ4n) is 3.62. The first-order chi connectivity index (χ1) is 13.6. The molecule has 0 radical (unpaired) electrons. The first-order valence-corrected chi connectivity index (χ1v) is 10.4. The minimum Gasteiger partial charge on any atom is -0.469 e. The lowest BCUT2D eigenvalue weighted by molar-refractivity contribution is -0.140. The third-order valence-electron chi connectivity index (χ3n) is 5.21. The van der Waals surface area contributed by atoms with E-state index in [9.17, 15) is 14.7 Å². The molecule has 1 unspecified atom stereocenters. The van der Waals surface area contributed by atoms with E-state index < -0.39 is 6.10 Å². The summed E-state index contributed by atoms with van der Waals surface area (Å²) in [6.45, 7) is 0.737. The van der Waals surface area contributed by atoms with Gasteiger partial charge in [0.25, 0.3) is 0 Å². The fourth-order valence-corrected chi connectivity index (χ4v) is 3.62. The molecule has 0 saturated carbocycles. The van der Waals surface area contributed by atoms with Gasteiger partial charge in [-0.3, -0.25) is 9.59 Å². The van der Waals surface area contributed by atoms with Crippen molar-refractivity contribution in [1.29, 1.82) is 0 Å². The molecule has 0 bridgehead atoms. The van der Waals surface area contributed by atoms with Crippen molar-refractivity contribution in [2.24, 2.45) is 0 Å². The van der Waals surface area contributed by atoms with E-state index >= 15 is 0 Å². The molecule has 1 heterocycles. The van der Waals surface area contributed by atoms with E-state index in [1.165, 1.54) is 7.11 Å². The van der Waals surface area contributed by atoms with Crippen molar-refractivity contribution in [1.82, 2.24) is 4.90 Å². The number of aliphatic hydroxyl groups is 1. The van der Waals surface area contributed by atoms with Crippen LogP contribution < -0.4 is 0 Å². The summed E-state index contributed by atoms with van der Waals surface area (Å²) in [4.78, 5) is 25.4. The molecule has 5 nitrogen and oxygen atoms in total. The second-order valence-electron chi connectivity index (χ2n) is 7.43. The molecule has 1 aromatic rings. The van der Waals surface area contributed by atoms with Gasteiger partial charge in [-0.2, -0.15) is 0 Å². The number of hydrogen-bond acceptors (Lipinski definition) is 4. The Morgan fingerprint density at radius 3 is 2.75 bits per heavy atom. The summed E-state index contributed by atoms with van der Waals surface area (Å²) in [5, 5.41) is 10.3. The number of hydrogen-bond donors (Lipinski definition) is 1. The Kier molecular flexibility index (Phi) is 9.77. The van der Waals surface area contributed by atoms with Crippen molar-refractivity contribution in [2.75, 3.05) is 13.7 Å². The standard InChI is InChI=1S/C23H33NO4/c1-28-23(27)14-7-2-3-8-17-24-20(12-9-13-22(24)26)15-16-21(25)18-19-10-5-4-6-11-19/h4-6,10-11,15-16,20-21,25H,2-3,7-9,12-14,17-18H2,1H3/t20?,21-/m0/s1. The number of ether oxygens (including phenoxy) is 1. The number of aliphatic hydroxyl groups excluding tert-OH is 1. The van der Waals surface area contributed by atoms with Crippen LogP contribution in [0.4, 0.5) is 0 Å². The van der Waals surface area contributed by atoms with Crippen LogP contribution in [0.1, 0.15) is 56.9 Å². The molecule has 0 spiro atoms. The molecule has 1 aromatic carbocycles. The predicted octanol–water partition coefficient (Wildman–Crippen LogP) is 3.65. The van der Waals surface area contributed by atoms with Gasteiger partial charge in [0, 0.05) is 25.8 Å². The highest BCUT2D eigenvalue weighted by molar-refractivity contribution is 5.77. The summed E-state index contributed by atoms with van der Waals surface area (Å²) in [6.07, 6.45) is 10.5. The fraction of sp³-hybridized carbons (Fsp3) is 0.565. The zero-order valence-electron chi connectivity index (χ0n) is 16.9. The van der Waals surface area contributed by atoms with Gasteiger partial charge in [0.15, 0.2) is 0 Å². The molecule has 1 saturated heterocycles. The maximum atomic E-state index is 12.4. The summed E-state index contributed by atoms with van der Waals surface area (Å²) in [5.41, 5.74) is 1.10. The third-order valence-corrected chi connectivity index (χ3v) is 5.21. The van der Waals surface area contributed by atoms with Gasteiger partial charge < -0.3 is 14.7 Å². The lowest BCUT2D eigenvalue weighted by Gasteiger charge is -2.34. The number of piperidine rings is 1. The monoisotopic (exact) mass is 387 g/mol. The first-order valence-electron chi connectivity index (χ1n) is 10.4. The maximum Gasteiger partial charge on any atom is 0.305 e. The van der Waals surface area contributed by atoms with Crippen molar-refractivity contribution < 1.29 is 19.4 Å². The Morgan fingerprint density at radius 1 is 1.25 bits per heavy atom. The van der Waals surface area contributed by atoms with Crippen molar-refractivity contribution in [3.63, 3.8) is 0 Å². The highest BCUT2D eigenvalue weighted by Crippen LogP contribution is 2.21. The van der Waals surface area contributed by atoms with Crippen LogP contribution in [-0.4, -0.2) is 47.7 Å². The Hall–Kier alpha value is -2.14. The zero-order valence-corrected chi connectivity index (χ0v) is 16.9. The number of nitrogens with zero attached hydrogens (tertiary/aromatic N) is 1. The molecule has 2 rings (SSSR count). The molecule has 1 aliphatic heterocycles. The second kappa shape index (κ2) is 12.3. The lowest BCUT2D eigenvalue weighted by Crippen LogP contribution is -2.43. The highest BCUT2D eigenvalue weighted by Gasteiger charge is 2.25. The average Bonchev–Trinajstić information content (AvgIpc) is 2.70. The molecule has 2 atom stereocenters. The molecular formula is C23H33NO4. The van der Waals surface area contributed by atoms with Crippen LogP contribution >= 0.6 is 0 Å². The number of carbonyl (C=O) groups excluding carboxylic acids is 2. The van der Waals surface area contributed by atoms with Crippen LogP contribution in [-0.2, 0) is 20.7 Å². The van der Waals surface area contributed by atoms with E-state index in [1.807, 2.05) is 47.4 Å². The highest BCUT2D eigenvalue weighted by atomic mass is 16.5. The summed E-state index contributed by atoms with van der Waals surface area (Å²) < 4.78 is 4.64. The number of rotatable bonds is 11. The van der Waals surface area contributed by atoms with E-state index in [4.69, 9.17) is 0 Å². The molecular weight excluding hydrogens is 354 g/mol. The molecule has 0 aromatic heterocycles. The Balaban J connectivity index is 1.77. The van der Waals surface area contributed by atoms with Gasteiger partial charge >= 0.3 is 5.97 Å². The summed E-state index contributed by atoms with van der Waals surface area (Å²) in [7, 11) is 1.41. The topological polar surface area (TPSA) is 66.8 Å². The van der Waals surface area contributed by atoms with Crippen molar-refractivity contribution >= 4 is 11.9 Å². The molecule has 1 aliphatic rings. The largest absolute Gasteiger partial charge is 0.469 e. The Labute approximate surface area is 168 Å². The third kappa shape index (κ3) is 7.85. The second-order valence-corrected chi connectivity index (χ2v) is 7.43. The normalized spacial score (nSPS) is 18.4. The summed E-state index contributed by atoms with van der Waals surface area (Å²) in [6, 6.07) is 9.99. The lowest BCUT2D eigenvalue weighted by atomic mass is 9.99. The van der Waals surface area contributed by atoms with Gasteiger partial charge in [0.05, 0.1) is 19.3 Å². The van der Waals surface area contributed by atoms with Crippen LogP contribution in [0.15, 0.2) is 42.5 Å². The molecule has 154 valence electrons. The number of amides is 1. The molecule has 1 N–H and O–H groups in total. The number of benzene rings is 1. The van der Waals surface area contributed by atoms with E-state index in [0.29, 0.717) is 19.3 Å². The predicted molar refractivity (Wildman–Crippen MR) is 110 cm³/mol. The smallest absolute Gasteiger partial charge is 0.305 e. The van der Waals surface area contributed by atoms with E-state index in [0.717, 1.165) is 50.6 Å². The van der Waals surface area contributed by atoms with Crippen LogP contribution in [0, 0.1) is 0 Å². The maximum absolute atomic E-state index is 12.4. The van der Waals surface area contributed by atoms with E-state index in [-0.39, 0.29) is 17.9 Å². The molecule has 28 heavy (non-hydrogen) atoms. The van der Waals surface area contributed by atoms with Gasteiger partial charge in [-0.15, -0.1) is 0 Å². The van der Waals surface area contributed by atoms with E-state index in [1.54, 1.807) is 0 Å². The molecule has 5 heteroatoms. The number of methoxy groups -OCH3 is 1. The molecule has 1 fully saturated rings. The minimum absolute atomic E-state index is 0.0711. The van der Waals surface area contributed by atoms with E-state index in [2.05, 4.69) is 4.74 Å². The number of carbonyl (C=O) groups is 2. The van der Waals surface area contributed by atoms with Gasteiger partial charge in [-0.05, 0) is 31.2 Å². The average molecular weight is 388 g/mol. The zero-order chi connectivity index (χ0) is 20.2. The van der Waals surface area contributed by atoms with Gasteiger partial charge in [0.2, 0.25) is 5.91 Å². The van der Waals surface area contributed by atoms with Crippen molar-refractivity contribution in [2.45, 2.75) is 69.9 Å². The minimum atomic E-state index is -0.542. The SMILES string of the molecule is COC(=O)CCCCCCN1C(=O)CCCC1C=C[C@H](O)Cc1ccccc1. The number of unbranched alkanes of at least 4 members (excludes halogenated alkanes) is 3. The molecule has 0 aliphatic carbocycles. The van der Waals surface area contributed by atoms with Crippen molar-refractivity contribution in [3.8, 4) is 0 Å². The number of likely N-dealkylation sites (tertiary alicyclic amines) is 1. The van der Waals surface area contributed by atoms with Gasteiger partial charge in [-0.25, -0.2) is 0 Å². The van der Waals surface area contributed by atoms with Gasteiger partial charge in [0.1, 0.15) is 0 Å². The van der Waals surface area contributed by atoms with Crippen LogP contribution in [0.5, 0.6) is 0 Å². The van der Waals surface area contributed by atoms with Crippen molar-refractivity contribution in [3.05, 3.63) is 48.0 Å². The van der Waals surface area contributed by atoms with Crippen LogP contribution in [0.25, 0.3) is 0 Å². The Bertz CT molecular complexity index is 629. The first kappa shape index (κ1) is 22.2. The van der Waals surface area contributed by atoms with Gasteiger partial charge in [-0.1, -0.05) is 55.3 Å².